The van der Waals surface area contributed by atoms with Crippen molar-refractivity contribution in [3.63, 3.8) is 0 Å². The van der Waals surface area contributed by atoms with Gasteiger partial charge in [0.15, 0.2) is 0 Å². The second-order valence-electron chi connectivity index (χ2n) is 4.94. The maximum atomic E-state index is 10.9. The number of furan rings is 1. The first-order valence-electron chi connectivity index (χ1n) is 6.95. The van der Waals surface area contributed by atoms with E-state index in [1.807, 2.05) is 36.4 Å². The van der Waals surface area contributed by atoms with Crippen molar-refractivity contribution in [3.8, 4) is 11.3 Å². The molecule has 7 heteroatoms. The summed E-state index contributed by atoms with van der Waals surface area (Å²) < 4.78 is 30.0. The molecule has 0 aliphatic rings. The molecule has 0 saturated carbocycles. The first-order chi connectivity index (χ1) is 10.5. The van der Waals surface area contributed by atoms with Crippen molar-refractivity contribution >= 4 is 21.6 Å². The monoisotopic (exact) mass is 342 g/mol. The summed E-state index contributed by atoms with van der Waals surface area (Å²) >= 11 is 6.13. The first-order valence-corrected chi connectivity index (χ1v) is 9.21. The van der Waals surface area contributed by atoms with Gasteiger partial charge in [0.2, 0.25) is 10.0 Å². The Balaban J connectivity index is 1.77. The highest BCUT2D eigenvalue weighted by Crippen LogP contribution is 2.28. The topological polar surface area (TPSA) is 71.3 Å². The Labute approximate surface area is 135 Å². The van der Waals surface area contributed by atoms with Gasteiger partial charge in [0, 0.05) is 12.1 Å². The Bertz CT molecular complexity index is 713. The van der Waals surface area contributed by atoms with E-state index in [2.05, 4.69) is 10.0 Å². The summed E-state index contributed by atoms with van der Waals surface area (Å²) in [6.45, 7) is 1.71. The molecular formula is C15H19ClN2O3S. The predicted molar refractivity (Wildman–Crippen MR) is 88.3 cm³/mol. The molecule has 0 bridgehead atoms. The molecule has 0 unspecified atom stereocenters. The van der Waals surface area contributed by atoms with Gasteiger partial charge in [0.25, 0.3) is 0 Å². The summed E-state index contributed by atoms with van der Waals surface area (Å²) in [5, 5.41) is 3.86. The number of halogens is 1. The molecule has 2 N–H and O–H groups in total. The van der Waals surface area contributed by atoms with Crippen molar-refractivity contribution in [3.05, 3.63) is 47.2 Å². The highest BCUT2D eigenvalue weighted by atomic mass is 35.5. The number of hydrogen-bond acceptors (Lipinski definition) is 4. The summed E-state index contributed by atoms with van der Waals surface area (Å²) in [6.07, 6.45) is 1.87. The zero-order chi connectivity index (χ0) is 16.0. The van der Waals surface area contributed by atoms with Gasteiger partial charge >= 0.3 is 0 Å². The molecule has 0 aliphatic carbocycles. The largest absolute Gasteiger partial charge is 0.460 e. The van der Waals surface area contributed by atoms with Gasteiger partial charge in [-0.3, -0.25) is 0 Å². The Kier molecular flexibility index (Phi) is 6.02. The van der Waals surface area contributed by atoms with E-state index >= 15 is 0 Å². The van der Waals surface area contributed by atoms with Gasteiger partial charge in [-0.15, -0.1) is 0 Å². The summed E-state index contributed by atoms with van der Waals surface area (Å²) in [4.78, 5) is 0. The molecule has 2 rings (SSSR count). The molecule has 0 aliphatic heterocycles. The van der Waals surface area contributed by atoms with E-state index in [0.29, 0.717) is 31.1 Å². The Hall–Kier alpha value is -1.34. The second-order valence-corrected chi connectivity index (χ2v) is 7.18. The van der Waals surface area contributed by atoms with Crippen LogP contribution < -0.4 is 10.0 Å². The minimum Gasteiger partial charge on any atom is -0.460 e. The standard InChI is InChI=1S/C15H19ClN2O3S/c1-22(19,20)18-10-4-9-17-11-12-7-8-15(21-12)13-5-2-3-6-14(13)16/h2-3,5-8,17-18H,4,9-11H2,1H3. The maximum absolute atomic E-state index is 10.9. The molecule has 1 aromatic heterocycles. The van der Waals surface area contributed by atoms with Gasteiger partial charge in [0.05, 0.1) is 17.8 Å². The minimum absolute atomic E-state index is 0.425. The van der Waals surface area contributed by atoms with Crippen molar-refractivity contribution in [2.24, 2.45) is 0 Å². The van der Waals surface area contributed by atoms with Crippen LogP contribution in [-0.4, -0.2) is 27.8 Å². The smallest absolute Gasteiger partial charge is 0.208 e. The van der Waals surface area contributed by atoms with Crippen LogP contribution in [0.25, 0.3) is 11.3 Å². The second kappa shape index (κ2) is 7.78. The Morgan fingerprint density at radius 1 is 1.14 bits per heavy atom. The summed E-state index contributed by atoms with van der Waals surface area (Å²) in [6, 6.07) is 11.3. The quantitative estimate of drug-likeness (QED) is 0.723. The fraction of sp³-hybridized carbons (Fsp3) is 0.333. The van der Waals surface area contributed by atoms with Crippen molar-refractivity contribution in [1.82, 2.24) is 10.0 Å². The molecule has 0 radical (unpaired) electrons. The zero-order valence-electron chi connectivity index (χ0n) is 12.3. The van der Waals surface area contributed by atoms with E-state index in [4.69, 9.17) is 16.0 Å². The van der Waals surface area contributed by atoms with Crippen molar-refractivity contribution in [2.45, 2.75) is 13.0 Å². The van der Waals surface area contributed by atoms with Crippen LogP contribution >= 0.6 is 11.6 Å². The first kappa shape index (κ1) is 17.0. The SMILES string of the molecule is CS(=O)(=O)NCCCNCc1ccc(-c2ccccc2Cl)o1. The average Bonchev–Trinajstić information content (AvgIpc) is 2.90. The highest BCUT2D eigenvalue weighted by Gasteiger charge is 2.07. The molecule has 22 heavy (non-hydrogen) atoms. The number of rotatable bonds is 8. The Morgan fingerprint density at radius 3 is 2.64 bits per heavy atom. The van der Waals surface area contributed by atoms with E-state index in [1.54, 1.807) is 0 Å². The molecule has 0 atom stereocenters. The lowest BCUT2D eigenvalue weighted by Gasteiger charge is -2.04. The lowest BCUT2D eigenvalue weighted by Crippen LogP contribution is -2.26. The van der Waals surface area contributed by atoms with Gasteiger partial charge in [-0.2, -0.15) is 0 Å². The van der Waals surface area contributed by atoms with Crippen LogP contribution in [-0.2, 0) is 16.6 Å². The third kappa shape index (κ3) is 5.46. The van der Waals surface area contributed by atoms with Gasteiger partial charge in [-0.25, -0.2) is 13.1 Å². The molecule has 120 valence electrons. The number of sulfonamides is 1. The third-order valence-corrected chi connectivity index (χ3v) is 4.05. The molecule has 0 fully saturated rings. The van der Waals surface area contributed by atoms with Gasteiger partial charge in [-0.05, 0) is 37.2 Å². The Morgan fingerprint density at radius 2 is 1.91 bits per heavy atom. The lowest BCUT2D eigenvalue weighted by molar-refractivity contribution is 0.490. The van der Waals surface area contributed by atoms with E-state index in [1.165, 1.54) is 0 Å². The van der Waals surface area contributed by atoms with E-state index in [-0.39, 0.29) is 0 Å². The molecule has 1 aromatic carbocycles. The van der Waals surface area contributed by atoms with Crippen LogP contribution in [0.2, 0.25) is 5.02 Å². The lowest BCUT2D eigenvalue weighted by atomic mass is 10.2. The predicted octanol–water partition coefficient (Wildman–Crippen LogP) is 2.63. The molecular weight excluding hydrogens is 324 g/mol. The molecule has 5 nitrogen and oxygen atoms in total. The zero-order valence-corrected chi connectivity index (χ0v) is 13.9. The van der Waals surface area contributed by atoms with Crippen LogP contribution in [0.1, 0.15) is 12.2 Å². The summed E-state index contributed by atoms with van der Waals surface area (Å²) in [5.41, 5.74) is 0.868. The minimum atomic E-state index is -3.10. The van der Waals surface area contributed by atoms with Crippen molar-refractivity contribution in [2.75, 3.05) is 19.3 Å². The van der Waals surface area contributed by atoms with Crippen LogP contribution in [0, 0.1) is 0 Å². The molecule has 0 spiro atoms. The number of benzene rings is 1. The maximum Gasteiger partial charge on any atom is 0.208 e. The number of hydrogen-bond donors (Lipinski definition) is 2. The summed E-state index contributed by atoms with van der Waals surface area (Å²) in [7, 11) is -3.10. The van der Waals surface area contributed by atoms with E-state index in [9.17, 15) is 8.42 Å². The molecule has 0 amide bonds. The molecule has 1 heterocycles. The fourth-order valence-electron chi connectivity index (χ4n) is 1.96. The molecule has 0 saturated heterocycles. The van der Waals surface area contributed by atoms with Crippen molar-refractivity contribution < 1.29 is 12.8 Å². The fourth-order valence-corrected chi connectivity index (χ4v) is 2.71. The van der Waals surface area contributed by atoms with Gasteiger partial charge < -0.3 is 9.73 Å². The van der Waals surface area contributed by atoms with Gasteiger partial charge in [-0.1, -0.05) is 23.7 Å². The number of nitrogens with one attached hydrogen (secondary N) is 2. The highest BCUT2D eigenvalue weighted by molar-refractivity contribution is 7.88. The molecule has 2 aromatic rings. The van der Waals surface area contributed by atoms with Crippen molar-refractivity contribution in [1.29, 1.82) is 0 Å². The third-order valence-electron chi connectivity index (χ3n) is 2.99. The normalized spacial score (nSPS) is 11.7. The van der Waals surface area contributed by atoms with Crippen LogP contribution in [0.4, 0.5) is 0 Å². The van der Waals surface area contributed by atoms with Crippen LogP contribution in [0.3, 0.4) is 0 Å². The van der Waals surface area contributed by atoms with E-state index < -0.39 is 10.0 Å². The van der Waals surface area contributed by atoms with Crippen LogP contribution in [0.15, 0.2) is 40.8 Å². The average molecular weight is 343 g/mol. The van der Waals surface area contributed by atoms with Gasteiger partial charge in [0.1, 0.15) is 11.5 Å². The summed E-state index contributed by atoms with van der Waals surface area (Å²) in [5.74, 6) is 1.55. The van der Waals surface area contributed by atoms with Crippen LogP contribution in [0.5, 0.6) is 0 Å². The van der Waals surface area contributed by atoms with E-state index in [0.717, 1.165) is 23.3 Å².